The lowest BCUT2D eigenvalue weighted by molar-refractivity contribution is -0.560. The van der Waals surface area contributed by atoms with E-state index in [1.54, 1.807) is 24.4 Å². The molecule has 0 aliphatic heterocycles. The fraction of sp³-hybridized carbons (Fsp3) is 0.118. The van der Waals surface area contributed by atoms with Gasteiger partial charge in [0.15, 0.2) is 6.07 Å². The van der Waals surface area contributed by atoms with Crippen molar-refractivity contribution in [2.75, 3.05) is 0 Å². The molecular weight excluding hydrogens is 278 g/mol. The lowest BCUT2D eigenvalue weighted by atomic mass is 9.85. The number of nitrogens with zero attached hydrogens (tertiary/aromatic N) is 2. The molecule has 1 atom stereocenters. The quantitative estimate of drug-likeness (QED) is 0.590. The van der Waals surface area contributed by atoms with Crippen molar-refractivity contribution in [2.45, 2.75) is 12.0 Å². The normalized spacial score (nSPS) is 13.4. The molecule has 5 heteroatoms. The first-order valence-electron chi connectivity index (χ1n) is 6.83. The van der Waals surface area contributed by atoms with Gasteiger partial charge in [-0.25, -0.2) is 0 Å². The maximum atomic E-state index is 11.8. The molecule has 1 aromatic heterocycles. The van der Waals surface area contributed by atoms with Gasteiger partial charge in [0.2, 0.25) is 0 Å². The predicted octanol–water partition coefficient (Wildman–Crippen LogP) is 3.41. The van der Waals surface area contributed by atoms with E-state index >= 15 is 0 Å². The molecule has 1 unspecified atom stereocenters. The molecule has 0 fully saturated rings. The number of rotatable bonds is 4. The van der Waals surface area contributed by atoms with Gasteiger partial charge in [-0.3, -0.25) is 10.1 Å². The zero-order valence-corrected chi connectivity index (χ0v) is 11.7. The van der Waals surface area contributed by atoms with Gasteiger partial charge >= 0.3 is 5.54 Å². The van der Waals surface area contributed by atoms with Crippen molar-refractivity contribution in [1.29, 1.82) is 5.26 Å². The first-order valence-corrected chi connectivity index (χ1v) is 6.83. The smallest absolute Gasteiger partial charge is 0.336 e. The summed E-state index contributed by atoms with van der Waals surface area (Å²) >= 11 is 0. The minimum absolute atomic E-state index is 0.0270. The van der Waals surface area contributed by atoms with E-state index < -0.39 is 10.5 Å². The molecule has 108 valence electrons. The first kappa shape index (κ1) is 13.8. The largest absolute Gasteiger partial charge is 0.361 e. The Morgan fingerprint density at radius 2 is 1.82 bits per heavy atom. The molecule has 3 aromatic rings. The average Bonchev–Trinajstić information content (AvgIpc) is 2.98. The van der Waals surface area contributed by atoms with Crippen molar-refractivity contribution in [3.63, 3.8) is 0 Å². The van der Waals surface area contributed by atoms with Crippen LogP contribution in [0.1, 0.15) is 11.1 Å². The van der Waals surface area contributed by atoms with Crippen LogP contribution in [0, 0.1) is 21.4 Å². The lowest BCUT2D eigenvalue weighted by Crippen LogP contribution is -2.36. The Balaban J connectivity index is 2.19. The van der Waals surface area contributed by atoms with Crippen molar-refractivity contribution >= 4 is 10.9 Å². The highest BCUT2D eigenvalue weighted by molar-refractivity contribution is 5.84. The zero-order valence-electron chi connectivity index (χ0n) is 11.7. The first-order chi connectivity index (χ1) is 10.7. The molecule has 0 saturated heterocycles. The minimum atomic E-state index is -1.80. The van der Waals surface area contributed by atoms with Crippen molar-refractivity contribution in [3.8, 4) is 6.07 Å². The number of benzene rings is 2. The summed E-state index contributed by atoms with van der Waals surface area (Å²) in [5, 5.41) is 22.1. The number of H-pyrrole nitrogens is 1. The van der Waals surface area contributed by atoms with Gasteiger partial charge in [-0.05, 0) is 11.6 Å². The molecule has 0 saturated carbocycles. The Labute approximate surface area is 127 Å². The number of aromatic nitrogens is 1. The minimum Gasteiger partial charge on any atom is -0.361 e. The molecule has 0 aliphatic carbocycles. The molecule has 2 aromatic carbocycles. The number of para-hydroxylation sites is 1. The van der Waals surface area contributed by atoms with Gasteiger partial charge in [0.25, 0.3) is 0 Å². The molecule has 3 rings (SSSR count). The molecule has 0 aliphatic rings. The van der Waals surface area contributed by atoms with Crippen LogP contribution >= 0.6 is 0 Å². The van der Waals surface area contributed by atoms with Crippen LogP contribution in [0.15, 0.2) is 60.8 Å². The van der Waals surface area contributed by atoms with Crippen LogP contribution in [0.4, 0.5) is 0 Å². The summed E-state index contributed by atoms with van der Waals surface area (Å²) in [6, 6.07) is 18.3. The third-order valence-corrected chi connectivity index (χ3v) is 3.83. The van der Waals surface area contributed by atoms with Gasteiger partial charge in [0, 0.05) is 22.0 Å². The van der Waals surface area contributed by atoms with Crippen LogP contribution in [-0.2, 0) is 12.0 Å². The summed E-state index contributed by atoms with van der Waals surface area (Å²) in [6.45, 7) is 0. The summed E-state index contributed by atoms with van der Waals surface area (Å²) in [6.07, 6.45) is 1.60. The van der Waals surface area contributed by atoms with Gasteiger partial charge in [-0.2, -0.15) is 5.26 Å². The third kappa shape index (κ3) is 2.11. The van der Waals surface area contributed by atoms with Gasteiger partial charge in [0.05, 0.1) is 12.0 Å². The second kappa shape index (κ2) is 5.34. The molecule has 0 amide bonds. The van der Waals surface area contributed by atoms with E-state index in [9.17, 15) is 15.4 Å². The lowest BCUT2D eigenvalue weighted by Gasteiger charge is -2.17. The summed E-state index contributed by atoms with van der Waals surface area (Å²) in [4.78, 5) is 14.3. The van der Waals surface area contributed by atoms with Crippen molar-refractivity contribution in [3.05, 3.63) is 82.0 Å². The fourth-order valence-electron chi connectivity index (χ4n) is 2.70. The highest BCUT2D eigenvalue weighted by Crippen LogP contribution is 2.34. The van der Waals surface area contributed by atoms with Crippen LogP contribution in [0.3, 0.4) is 0 Å². The van der Waals surface area contributed by atoms with E-state index in [0.717, 1.165) is 11.1 Å². The maximum absolute atomic E-state index is 11.8. The summed E-state index contributed by atoms with van der Waals surface area (Å²) in [5.74, 6) is 0. The van der Waals surface area contributed by atoms with Crippen LogP contribution < -0.4 is 0 Å². The third-order valence-electron chi connectivity index (χ3n) is 3.83. The second-order valence-corrected chi connectivity index (χ2v) is 5.14. The molecule has 1 heterocycles. The van der Waals surface area contributed by atoms with Gasteiger partial charge in [-0.1, -0.05) is 48.5 Å². The average molecular weight is 291 g/mol. The number of fused-ring (bicyclic) bond motifs is 1. The molecule has 1 N–H and O–H groups in total. The fourth-order valence-corrected chi connectivity index (χ4v) is 2.70. The SMILES string of the molecule is N#CC(Cc1ccccc1)(c1c[nH]c2ccccc12)[N+](=O)[O-]. The van der Waals surface area contributed by atoms with E-state index in [-0.39, 0.29) is 6.42 Å². The van der Waals surface area contributed by atoms with Crippen molar-refractivity contribution < 1.29 is 4.92 Å². The van der Waals surface area contributed by atoms with Crippen LogP contribution in [-0.4, -0.2) is 9.91 Å². The van der Waals surface area contributed by atoms with Crippen molar-refractivity contribution in [1.82, 2.24) is 4.98 Å². The Bertz CT molecular complexity index is 864. The van der Waals surface area contributed by atoms with Gasteiger partial charge in [-0.15, -0.1) is 0 Å². The summed E-state index contributed by atoms with van der Waals surface area (Å²) < 4.78 is 0. The standard InChI is InChI=1S/C17H13N3O2/c18-12-17(20(21)22,10-13-6-2-1-3-7-13)15-11-19-16-9-5-4-8-14(15)16/h1-9,11,19H,10H2. The van der Waals surface area contributed by atoms with Gasteiger partial charge < -0.3 is 4.98 Å². The number of nitro groups is 1. The molecular formula is C17H13N3O2. The van der Waals surface area contributed by atoms with Gasteiger partial charge in [0.1, 0.15) is 0 Å². The van der Waals surface area contributed by atoms with E-state index in [2.05, 4.69) is 4.98 Å². The highest BCUT2D eigenvalue weighted by atomic mass is 16.6. The molecule has 22 heavy (non-hydrogen) atoms. The van der Waals surface area contributed by atoms with E-state index in [0.29, 0.717) is 10.9 Å². The van der Waals surface area contributed by atoms with E-state index in [1.807, 2.05) is 42.5 Å². The number of hydrogen-bond acceptors (Lipinski definition) is 3. The van der Waals surface area contributed by atoms with E-state index in [1.165, 1.54) is 0 Å². The van der Waals surface area contributed by atoms with Crippen LogP contribution in [0.25, 0.3) is 10.9 Å². The Morgan fingerprint density at radius 3 is 2.50 bits per heavy atom. The Hall–Kier alpha value is -3.13. The van der Waals surface area contributed by atoms with Crippen molar-refractivity contribution in [2.24, 2.45) is 0 Å². The Kier molecular flexibility index (Phi) is 3.36. The monoisotopic (exact) mass is 291 g/mol. The number of nitrogens with one attached hydrogen (secondary N) is 1. The maximum Gasteiger partial charge on any atom is 0.336 e. The number of aromatic amines is 1. The summed E-state index contributed by atoms with van der Waals surface area (Å²) in [5.41, 5.74) is 0.138. The number of hydrogen-bond donors (Lipinski definition) is 1. The molecule has 0 radical (unpaired) electrons. The van der Waals surface area contributed by atoms with Crippen LogP contribution in [0.2, 0.25) is 0 Å². The van der Waals surface area contributed by atoms with Crippen LogP contribution in [0.5, 0.6) is 0 Å². The topological polar surface area (TPSA) is 82.7 Å². The molecule has 0 spiro atoms. The highest BCUT2D eigenvalue weighted by Gasteiger charge is 2.47. The summed E-state index contributed by atoms with van der Waals surface area (Å²) in [7, 11) is 0. The zero-order chi connectivity index (χ0) is 15.6. The molecule has 0 bridgehead atoms. The molecule has 5 nitrogen and oxygen atoms in total. The number of nitriles is 1. The van der Waals surface area contributed by atoms with E-state index in [4.69, 9.17) is 0 Å². The second-order valence-electron chi connectivity index (χ2n) is 5.14. The Morgan fingerprint density at radius 1 is 1.14 bits per heavy atom. The predicted molar refractivity (Wildman–Crippen MR) is 82.7 cm³/mol.